The third-order valence-corrected chi connectivity index (χ3v) is 7.96. The number of alkyl halides is 2. The third-order valence-electron chi connectivity index (χ3n) is 7.45. The molecule has 3 N–H and O–H groups in total. The van der Waals surface area contributed by atoms with Crippen molar-refractivity contribution in [2.24, 2.45) is 18.9 Å². The summed E-state index contributed by atoms with van der Waals surface area (Å²) >= 11 is 12.5. The Bertz CT molecular complexity index is 1530. The lowest BCUT2D eigenvalue weighted by molar-refractivity contribution is -0.153. The van der Waals surface area contributed by atoms with Gasteiger partial charge >= 0.3 is 5.97 Å². The highest BCUT2D eigenvalue weighted by atomic mass is 35.5. The molecule has 2 saturated heterocycles. The van der Waals surface area contributed by atoms with E-state index in [0.717, 1.165) is 4.90 Å². The minimum Gasteiger partial charge on any atom is -0.481 e. The number of fused-ring (bicyclic) bond motifs is 5. The zero-order valence-corrected chi connectivity index (χ0v) is 20.5. The van der Waals surface area contributed by atoms with Crippen LogP contribution in [0.25, 0.3) is 11.0 Å². The number of aromatic nitrogens is 3. The number of amides is 2. The molecule has 37 heavy (non-hydrogen) atoms. The van der Waals surface area contributed by atoms with Gasteiger partial charge in [0.25, 0.3) is 11.8 Å². The second-order valence-electron chi connectivity index (χ2n) is 9.46. The van der Waals surface area contributed by atoms with Crippen LogP contribution in [0.15, 0.2) is 30.5 Å². The Labute approximate surface area is 217 Å². The average Bonchev–Trinajstić information content (AvgIpc) is 3.48. The van der Waals surface area contributed by atoms with E-state index in [1.807, 2.05) is 0 Å². The molecule has 1 aromatic carbocycles. The van der Waals surface area contributed by atoms with E-state index in [4.69, 9.17) is 23.2 Å². The number of rotatable bonds is 3. The van der Waals surface area contributed by atoms with Crippen molar-refractivity contribution in [2.45, 2.75) is 23.9 Å². The number of carbonyl (C=O) groups is 3. The largest absolute Gasteiger partial charge is 0.481 e. The van der Waals surface area contributed by atoms with Crippen molar-refractivity contribution in [3.05, 3.63) is 46.1 Å². The highest BCUT2D eigenvalue weighted by Crippen LogP contribution is 2.61. The maximum absolute atomic E-state index is 14.8. The van der Waals surface area contributed by atoms with Crippen LogP contribution < -0.4 is 10.6 Å². The normalized spacial score (nSPS) is 27.9. The zero-order valence-electron chi connectivity index (χ0n) is 19.0. The number of carboxylic acid groups (broad SMARTS) is 1. The topological polar surface area (TPSA) is 129 Å². The molecule has 2 aromatic heterocycles. The predicted octanol–water partition coefficient (Wildman–Crippen LogP) is 3.10. The van der Waals surface area contributed by atoms with Gasteiger partial charge in [0.15, 0.2) is 11.5 Å². The first-order chi connectivity index (χ1) is 17.5. The number of carbonyl (C=O) groups excluding carboxylic acids is 2. The highest BCUT2D eigenvalue weighted by Gasteiger charge is 2.74. The van der Waals surface area contributed by atoms with Gasteiger partial charge in [0.2, 0.25) is 5.91 Å². The molecule has 4 atom stereocenters. The van der Waals surface area contributed by atoms with Gasteiger partial charge in [-0.2, -0.15) is 5.10 Å². The molecule has 3 aliphatic heterocycles. The first-order valence-electron chi connectivity index (χ1n) is 11.2. The SMILES string of the molecule is Cn1nc(NC(=O)[C@H]2[C@H]3CC(F)(F)CN3[C@]3(C(=O)Nc4c(Cl)cc(Cl)cc43)[C@H]2C(=O)O)c2cccnc21. The number of halogens is 4. The smallest absolute Gasteiger partial charge is 0.310 e. The van der Waals surface area contributed by atoms with Crippen molar-refractivity contribution in [2.75, 3.05) is 17.2 Å². The first kappa shape index (κ1) is 24.0. The molecule has 0 bridgehead atoms. The van der Waals surface area contributed by atoms with Gasteiger partial charge in [-0.05, 0) is 24.3 Å². The lowest BCUT2D eigenvalue weighted by Gasteiger charge is -2.35. The highest BCUT2D eigenvalue weighted by molar-refractivity contribution is 6.38. The van der Waals surface area contributed by atoms with Gasteiger partial charge in [0.1, 0.15) is 11.5 Å². The van der Waals surface area contributed by atoms with E-state index in [2.05, 4.69) is 20.7 Å². The first-order valence-corrected chi connectivity index (χ1v) is 12.0. The predicted molar refractivity (Wildman–Crippen MR) is 129 cm³/mol. The summed E-state index contributed by atoms with van der Waals surface area (Å²) in [6, 6.07) is 4.72. The summed E-state index contributed by atoms with van der Waals surface area (Å²) in [4.78, 5) is 45.4. The minimum atomic E-state index is -3.27. The fourth-order valence-electron chi connectivity index (χ4n) is 6.18. The number of anilines is 2. The second-order valence-corrected chi connectivity index (χ2v) is 10.3. The lowest BCUT2D eigenvalue weighted by atomic mass is 9.73. The fourth-order valence-corrected chi connectivity index (χ4v) is 6.72. The molecule has 2 amide bonds. The van der Waals surface area contributed by atoms with Crippen LogP contribution in [0.4, 0.5) is 20.3 Å². The Hall–Kier alpha value is -3.35. The van der Waals surface area contributed by atoms with Gasteiger partial charge < -0.3 is 15.7 Å². The molecule has 0 radical (unpaired) electrons. The lowest BCUT2D eigenvalue weighted by Crippen LogP contribution is -2.54. The van der Waals surface area contributed by atoms with Crippen LogP contribution in [0, 0.1) is 11.8 Å². The van der Waals surface area contributed by atoms with E-state index in [1.54, 1.807) is 25.4 Å². The Morgan fingerprint density at radius 2 is 2.05 bits per heavy atom. The summed E-state index contributed by atoms with van der Waals surface area (Å²) in [7, 11) is 1.61. The van der Waals surface area contributed by atoms with Crippen molar-refractivity contribution < 1.29 is 28.3 Å². The number of pyridine rings is 1. The van der Waals surface area contributed by atoms with Crippen LogP contribution in [-0.4, -0.2) is 61.1 Å². The van der Waals surface area contributed by atoms with Gasteiger partial charge in [0.05, 0.1) is 28.6 Å². The minimum absolute atomic E-state index is 0.0275. The molecule has 2 fully saturated rings. The van der Waals surface area contributed by atoms with Crippen LogP contribution in [-0.2, 0) is 27.0 Å². The van der Waals surface area contributed by atoms with Crippen LogP contribution in [0.3, 0.4) is 0 Å². The molecule has 10 nitrogen and oxygen atoms in total. The third kappa shape index (κ3) is 3.22. The number of nitrogens with one attached hydrogen (secondary N) is 2. The number of aliphatic carboxylic acids is 1. The summed E-state index contributed by atoms with van der Waals surface area (Å²) in [6.07, 6.45) is 0.736. The molecule has 0 aliphatic carbocycles. The summed E-state index contributed by atoms with van der Waals surface area (Å²) in [5.41, 5.74) is -1.54. The number of nitrogens with zero attached hydrogens (tertiary/aromatic N) is 4. The standard InChI is InChI=1S/C23H18Cl2F2N6O4/c1-32-18-10(3-2-4-28-18)17(31-32)30-19(34)14-13-7-22(26,27)8-33(13)23(15(14)20(35)36)11-5-9(24)6-12(25)16(11)29-21(23)37/h2-6,13-15H,7-8H2,1H3,(H,29,37)(H,35,36)(H,30,31,34)/t13-,14+,15-,23+/m1/s1. The molecule has 0 unspecified atom stereocenters. The molecule has 6 rings (SSSR count). The van der Waals surface area contributed by atoms with E-state index < -0.39 is 60.1 Å². The molecule has 14 heteroatoms. The Morgan fingerprint density at radius 1 is 1.30 bits per heavy atom. The van der Waals surface area contributed by atoms with Crippen molar-refractivity contribution in [1.29, 1.82) is 0 Å². The average molecular weight is 551 g/mol. The number of hydrogen-bond acceptors (Lipinski definition) is 6. The molecule has 0 saturated carbocycles. The molecule has 3 aliphatic rings. The van der Waals surface area contributed by atoms with E-state index in [1.165, 1.54) is 16.8 Å². The summed E-state index contributed by atoms with van der Waals surface area (Å²) in [6.45, 7) is -0.918. The summed E-state index contributed by atoms with van der Waals surface area (Å²) < 4.78 is 31.1. The van der Waals surface area contributed by atoms with Crippen LogP contribution in [0.5, 0.6) is 0 Å². The van der Waals surface area contributed by atoms with E-state index in [0.29, 0.717) is 11.0 Å². The van der Waals surface area contributed by atoms with E-state index in [-0.39, 0.29) is 27.1 Å². The Morgan fingerprint density at radius 3 is 2.78 bits per heavy atom. The maximum atomic E-state index is 14.8. The van der Waals surface area contributed by atoms with Crippen molar-refractivity contribution in [1.82, 2.24) is 19.7 Å². The summed E-state index contributed by atoms with van der Waals surface area (Å²) in [5, 5.41) is 20.4. The number of carboxylic acids is 1. The van der Waals surface area contributed by atoms with Crippen LogP contribution in [0.2, 0.25) is 10.0 Å². The van der Waals surface area contributed by atoms with Crippen molar-refractivity contribution in [3.8, 4) is 0 Å². The second kappa shape index (κ2) is 7.83. The Kier molecular flexibility index (Phi) is 5.08. The van der Waals surface area contributed by atoms with Gasteiger partial charge in [-0.1, -0.05) is 23.2 Å². The molecular weight excluding hydrogens is 533 g/mol. The summed E-state index contributed by atoms with van der Waals surface area (Å²) in [5.74, 6) is -9.64. The molecular formula is C23H18Cl2F2N6O4. The monoisotopic (exact) mass is 550 g/mol. The van der Waals surface area contributed by atoms with Gasteiger partial charge in [-0.25, -0.2) is 18.4 Å². The van der Waals surface area contributed by atoms with Crippen molar-refractivity contribution in [3.63, 3.8) is 0 Å². The van der Waals surface area contributed by atoms with Gasteiger partial charge in [-0.3, -0.25) is 19.3 Å². The number of hydrogen-bond donors (Lipinski definition) is 3. The van der Waals surface area contributed by atoms with Gasteiger partial charge in [-0.15, -0.1) is 0 Å². The maximum Gasteiger partial charge on any atom is 0.310 e. The van der Waals surface area contributed by atoms with Crippen LogP contribution in [0.1, 0.15) is 12.0 Å². The zero-order chi connectivity index (χ0) is 26.4. The van der Waals surface area contributed by atoms with Gasteiger partial charge in [0, 0.05) is 36.3 Å². The van der Waals surface area contributed by atoms with Crippen LogP contribution >= 0.6 is 23.2 Å². The van der Waals surface area contributed by atoms with E-state index >= 15 is 0 Å². The number of aryl methyl sites for hydroxylation is 1. The van der Waals surface area contributed by atoms with E-state index in [9.17, 15) is 28.3 Å². The fraction of sp³-hybridized carbons (Fsp3) is 0.348. The molecule has 5 heterocycles. The number of benzene rings is 1. The van der Waals surface area contributed by atoms with Crippen molar-refractivity contribution >= 4 is 63.5 Å². The molecule has 192 valence electrons. The molecule has 3 aromatic rings. The Balaban J connectivity index is 1.52. The molecule has 1 spiro atoms. The quantitative estimate of drug-likeness (QED) is 0.456.